The lowest BCUT2D eigenvalue weighted by Crippen LogP contribution is -2.16. The average Bonchev–Trinajstić information content (AvgIpc) is 2.71. The van der Waals surface area contributed by atoms with Gasteiger partial charge in [0.15, 0.2) is 5.82 Å². The maximum Gasteiger partial charge on any atom is 0.263 e. The van der Waals surface area contributed by atoms with Gasteiger partial charge in [-0.25, -0.2) is 27.2 Å². The molecule has 0 bridgehead atoms. The molecular formula is C19H10ClF2N5O2S. The Morgan fingerprint density at radius 3 is 2.47 bits per heavy atom. The van der Waals surface area contributed by atoms with Gasteiger partial charge in [0.2, 0.25) is 5.95 Å². The molecule has 30 heavy (non-hydrogen) atoms. The van der Waals surface area contributed by atoms with Crippen molar-refractivity contribution in [3.05, 3.63) is 76.1 Å². The number of nitrogens with zero attached hydrogens (tertiary/aromatic N) is 3. The number of nitrogens with two attached hydrogens (primary N) is 1. The number of rotatable bonds is 3. The molecule has 0 spiro atoms. The van der Waals surface area contributed by atoms with E-state index in [1.807, 2.05) is 4.72 Å². The van der Waals surface area contributed by atoms with Crippen LogP contribution in [0.4, 0.5) is 20.4 Å². The number of hydrogen-bond acceptors (Lipinski definition) is 6. The number of nitrogen functional groups attached to an aromatic ring is 1. The van der Waals surface area contributed by atoms with Gasteiger partial charge in [-0.05, 0) is 30.3 Å². The van der Waals surface area contributed by atoms with Crippen molar-refractivity contribution in [1.82, 2.24) is 9.97 Å². The standard InChI is InChI=1S/C19H10ClF2N5O2S/c20-13-3-2-12(8-23)17(7-13)30(28,29)27-16-6-5-15(21)14(18(16)22)4-1-11-9-25-19(24)26-10-11/h2-3,5-7,9-10,27H,(H2,24,25,26). The van der Waals surface area contributed by atoms with Crippen LogP contribution in [0.15, 0.2) is 47.6 Å². The third kappa shape index (κ3) is 4.46. The van der Waals surface area contributed by atoms with Crippen LogP contribution in [0.1, 0.15) is 16.7 Å². The number of nitrogens with one attached hydrogen (secondary N) is 1. The second kappa shape index (κ2) is 8.33. The van der Waals surface area contributed by atoms with Crippen molar-refractivity contribution in [1.29, 1.82) is 5.26 Å². The van der Waals surface area contributed by atoms with E-state index in [0.29, 0.717) is 0 Å². The molecule has 0 radical (unpaired) electrons. The third-order valence-electron chi connectivity index (χ3n) is 3.69. The Labute approximate surface area is 175 Å². The zero-order chi connectivity index (χ0) is 21.9. The molecular weight excluding hydrogens is 436 g/mol. The van der Waals surface area contributed by atoms with Crippen LogP contribution in [0, 0.1) is 34.8 Å². The van der Waals surface area contributed by atoms with E-state index in [-0.39, 0.29) is 22.1 Å². The molecule has 0 fully saturated rings. The van der Waals surface area contributed by atoms with Crippen LogP contribution in [0.3, 0.4) is 0 Å². The van der Waals surface area contributed by atoms with E-state index in [9.17, 15) is 17.2 Å². The van der Waals surface area contributed by atoms with Crippen molar-refractivity contribution in [2.24, 2.45) is 0 Å². The first-order valence-electron chi connectivity index (χ1n) is 8.01. The molecule has 3 rings (SSSR count). The van der Waals surface area contributed by atoms with Crippen molar-refractivity contribution in [3.63, 3.8) is 0 Å². The Balaban J connectivity index is 2.01. The summed E-state index contributed by atoms with van der Waals surface area (Å²) in [6.45, 7) is 0. The van der Waals surface area contributed by atoms with Crippen molar-refractivity contribution in [2.75, 3.05) is 10.5 Å². The first-order valence-corrected chi connectivity index (χ1v) is 9.87. The first kappa shape index (κ1) is 21.0. The van der Waals surface area contributed by atoms with E-state index < -0.39 is 37.8 Å². The van der Waals surface area contributed by atoms with Gasteiger partial charge >= 0.3 is 0 Å². The summed E-state index contributed by atoms with van der Waals surface area (Å²) in [4.78, 5) is 6.96. The molecule has 0 aliphatic carbocycles. The number of hydrogen-bond donors (Lipinski definition) is 2. The molecule has 150 valence electrons. The van der Waals surface area contributed by atoms with Crippen molar-refractivity contribution in [3.8, 4) is 17.9 Å². The molecule has 0 saturated heterocycles. The second-order valence-corrected chi connectivity index (χ2v) is 7.81. The minimum Gasteiger partial charge on any atom is -0.368 e. The van der Waals surface area contributed by atoms with Gasteiger partial charge in [0.1, 0.15) is 16.8 Å². The van der Waals surface area contributed by atoms with Gasteiger partial charge in [-0.3, -0.25) is 4.72 Å². The fourth-order valence-corrected chi connectivity index (χ4v) is 3.77. The van der Waals surface area contributed by atoms with E-state index in [2.05, 4.69) is 21.8 Å². The van der Waals surface area contributed by atoms with E-state index in [0.717, 1.165) is 18.2 Å². The smallest absolute Gasteiger partial charge is 0.263 e. The van der Waals surface area contributed by atoms with E-state index in [1.165, 1.54) is 24.5 Å². The molecule has 1 aromatic heterocycles. The monoisotopic (exact) mass is 445 g/mol. The predicted molar refractivity (Wildman–Crippen MR) is 106 cm³/mol. The minimum atomic E-state index is -4.40. The van der Waals surface area contributed by atoms with Crippen LogP contribution < -0.4 is 10.5 Å². The SMILES string of the molecule is N#Cc1ccc(Cl)cc1S(=O)(=O)Nc1ccc(F)c(C#Cc2cnc(N)nc2)c1F. The molecule has 3 N–H and O–H groups in total. The molecule has 0 atom stereocenters. The number of nitriles is 1. The highest BCUT2D eigenvalue weighted by atomic mass is 35.5. The van der Waals surface area contributed by atoms with E-state index >= 15 is 0 Å². The molecule has 11 heteroatoms. The van der Waals surface area contributed by atoms with Gasteiger partial charge in [-0.2, -0.15) is 5.26 Å². The zero-order valence-electron chi connectivity index (χ0n) is 14.8. The van der Waals surface area contributed by atoms with Crippen LogP contribution >= 0.6 is 11.6 Å². The Kier molecular flexibility index (Phi) is 5.83. The summed E-state index contributed by atoms with van der Waals surface area (Å²) >= 11 is 5.81. The summed E-state index contributed by atoms with van der Waals surface area (Å²) < 4.78 is 56.2. The summed E-state index contributed by atoms with van der Waals surface area (Å²) in [5, 5.41) is 9.19. The molecule has 1 heterocycles. The topological polar surface area (TPSA) is 122 Å². The summed E-state index contributed by atoms with van der Waals surface area (Å²) in [5.41, 5.74) is 4.18. The molecule has 0 aliphatic rings. The fourth-order valence-electron chi connectivity index (χ4n) is 2.29. The number of sulfonamides is 1. The first-order chi connectivity index (χ1) is 14.2. The number of benzene rings is 2. The predicted octanol–water partition coefficient (Wildman–Crippen LogP) is 3.06. The lowest BCUT2D eigenvalue weighted by Gasteiger charge is -2.11. The van der Waals surface area contributed by atoms with Crippen LogP contribution in [-0.2, 0) is 10.0 Å². The van der Waals surface area contributed by atoms with Crippen molar-refractivity contribution < 1.29 is 17.2 Å². The van der Waals surface area contributed by atoms with Gasteiger partial charge < -0.3 is 5.73 Å². The highest BCUT2D eigenvalue weighted by molar-refractivity contribution is 7.92. The van der Waals surface area contributed by atoms with Gasteiger partial charge in [-0.1, -0.05) is 23.4 Å². The van der Waals surface area contributed by atoms with E-state index in [4.69, 9.17) is 22.6 Å². The number of halogens is 3. The zero-order valence-corrected chi connectivity index (χ0v) is 16.4. The normalized spacial score (nSPS) is 10.6. The summed E-state index contributed by atoms with van der Waals surface area (Å²) in [5.74, 6) is 2.53. The van der Waals surface area contributed by atoms with Gasteiger partial charge in [0.25, 0.3) is 10.0 Å². The average molecular weight is 446 g/mol. The molecule has 0 saturated carbocycles. The third-order valence-corrected chi connectivity index (χ3v) is 5.33. The van der Waals surface area contributed by atoms with Crippen molar-refractivity contribution in [2.45, 2.75) is 4.90 Å². The molecule has 2 aromatic carbocycles. The lowest BCUT2D eigenvalue weighted by molar-refractivity contribution is 0.578. The minimum absolute atomic E-state index is 0.00655. The van der Waals surface area contributed by atoms with Gasteiger partial charge in [0.05, 0.1) is 22.4 Å². The molecule has 0 aliphatic heterocycles. The number of aromatic nitrogens is 2. The Hall–Kier alpha value is -3.73. The van der Waals surface area contributed by atoms with Gasteiger partial charge in [-0.15, -0.1) is 0 Å². The van der Waals surface area contributed by atoms with Crippen molar-refractivity contribution >= 4 is 33.3 Å². The maximum absolute atomic E-state index is 14.8. The number of anilines is 2. The lowest BCUT2D eigenvalue weighted by atomic mass is 10.1. The molecule has 7 nitrogen and oxygen atoms in total. The molecule has 3 aromatic rings. The second-order valence-electron chi connectivity index (χ2n) is 5.72. The Bertz CT molecular complexity index is 1340. The molecule has 0 unspecified atom stereocenters. The van der Waals surface area contributed by atoms with E-state index in [1.54, 1.807) is 6.07 Å². The van der Waals surface area contributed by atoms with Crippen LogP contribution in [0.5, 0.6) is 0 Å². The maximum atomic E-state index is 14.8. The summed E-state index contributed by atoms with van der Waals surface area (Å²) in [7, 11) is -4.40. The summed E-state index contributed by atoms with van der Waals surface area (Å²) in [6, 6.07) is 7.07. The highest BCUT2D eigenvalue weighted by Gasteiger charge is 2.22. The quantitative estimate of drug-likeness (QED) is 0.597. The molecule has 0 amide bonds. The van der Waals surface area contributed by atoms with Crippen LogP contribution in [-0.4, -0.2) is 18.4 Å². The Morgan fingerprint density at radius 2 is 1.80 bits per heavy atom. The highest BCUT2D eigenvalue weighted by Crippen LogP contribution is 2.26. The van der Waals surface area contributed by atoms with Crippen LogP contribution in [0.2, 0.25) is 5.02 Å². The fraction of sp³-hybridized carbons (Fsp3) is 0. The van der Waals surface area contributed by atoms with Crippen LogP contribution in [0.25, 0.3) is 0 Å². The Morgan fingerprint density at radius 1 is 1.10 bits per heavy atom. The van der Waals surface area contributed by atoms with Gasteiger partial charge in [0, 0.05) is 17.4 Å². The largest absolute Gasteiger partial charge is 0.368 e. The summed E-state index contributed by atoms with van der Waals surface area (Å²) in [6.07, 6.45) is 2.53.